The van der Waals surface area contributed by atoms with Crippen molar-refractivity contribution in [3.05, 3.63) is 82.3 Å². The lowest BCUT2D eigenvalue weighted by atomic mass is 10.0. The molecule has 18 nitrogen and oxygen atoms in total. The molecule has 0 radical (unpaired) electrons. The van der Waals surface area contributed by atoms with Gasteiger partial charge in [0, 0.05) is 61.2 Å². The highest BCUT2D eigenvalue weighted by Gasteiger charge is 2.40. The number of anilines is 4. The Balaban J connectivity index is 0.794. The SMILES string of the molecule is Cn1cc(Nc2ncc(Cl)c(NCc3cc(F)cc(OCCOCCOCCOCCOCC(=O)Nc4cccc5c4CN(C4CCC(=O)NC4=O)C5=O)c3F)n2)cn1. The number of hydrogen-bond donors (Lipinski definition) is 4. The Hall–Kier alpha value is -5.80. The number of rotatable bonds is 22. The first-order chi connectivity index (χ1) is 28.5. The van der Waals surface area contributed by atoms with E-state index in [4.69, 9.17) is 35.3 Å². The number of fused-ring (bicyclic) bond motifs is 1. The number of halogens is 3. The summed E-state index contributed by atoms with van der Waals surface area (Å²) in [5.74, 6) is -2.89. The fourth-order valence-electron chi connectivity index (χ4n) is 6.12. The Morgan fingerprint density at radius 1 is 0.983 bits per heavy atom. The summed E-state index contributed by atoms with van der Waals surface area (Å²) in [4.78, 5) is 59.2. The van der Waals surface area contributed by atoms with Gasteiger partial charge in [0.2, 0.25) is 23.7 Å². The Morgan fingerprint density at radius 2 is 1.71 bits per heavy atom. The summed E-state index contributed by atoms with van der Waals surface area (Å²) in [6.45, 7) is 1.22. The molecule has 0 spiro atoms. The van der Waals surface area contributed by atoms with E-state index in [-0.39, 0.29) is 125 Å². The highest BCUT2D eigenvalue weighted by atomic mass is 35.5. The predicted molar refractivity (Wildman–Crippen MR) is 207 cm³/mol. The summed E-state index contributed by atoms with van der Waals surface area (Å²) in [5, 5.41) is 15.2. The van der Waals surface area contributed by atoms with Gasteiger partial charge in [0.25, 0.3) is 5.91 Å². The van der Waals surface area contributed by atoms with Crippen molar-refractivity contribution in [3.8, 4) is 5.75 Å². The molecule has 1 saturated heterocycles. The fourth-order valence-corrected chi connectivity index (χ4v) is 6.28. The van der Waals surface area contributed by atoms with Crippen LogP contribution >= 0.6 is 11.6 Å². The summed E-state index contributed by atoms with van der Waals surface area (Å²) in [5.41, 5.74) is 2.08. The molecule has 4 N–H and O–H groups in total. The van der Waals surface area contributed by atoms with Gasteiger partial charge in [0.15, 0.2) is 17.4 Å². The zero-order chi connectivity index (χ0) is 41.7. The number of carbonyl (C=O) groups excluding carboxylic acids is 4. The molecule has 2 aromatic heterocycles. The first kappa shape index (κ1) is 42.8. The van der Waals surface area contributed by atoms with E-state index in [2.05, 4.69) is 36.3 Å². The first-order valence-electron chi connectivity index (χ1n) is 18.6. The van der Waals surface area contributed by atoms with Crippen LogP contribution in [-0.2, 0) is 53.5 Å². The van der Waals surface area contributed by atoms with Crippen LogP contribution in [0.2, 0.25) is 5.02 Å². The lowest BCUT2D eigenvalue weighted by Crippen LogP contribution is -2.52. The fraction of sp³-hybridized carbons (Fsp3) is 0.395. The van der Waals surface area contributed by atoms with E-state index in [1.165, 1.54) is 11.1 Å². The molecule has 0 saturated carbocycles. The van der Waals surface area contributed by atoms with Crippen LogP contribution in [0.5, 0.6) is 5.75 Å². The molecule has 0 aliphatic carbocycles. The van der Waals surface area contributed by atoms with E-state index in [0.29, 0.717) is 22.5 Å². The topological polar surface area (TPSA) is 209 Å². The molecular formula is C38H42ClF2N9O9. The van der Waals surface area contributed by atoms with E-state index in [0.717, 1.165) is 12.1 Å². The average molecular weight is 842 g/mol. The third-order valence-corrected chi connectivity index (χ3v) is 9.20. The molecule has 0 bridgehead atoms. The number of hydrogen-bond acceptors (Lipinski definition) is 14. The van der Waals surface area contributed by atoms with Crippen molar-refractivity contribution in [2.45, 2.75) is 32.0 Å². The molecule has 59 heavy (non-hydrogen) atoms. The third-order valence-electron chi connectivity index (χ3n) is 8.92. The van der Waals surface area contributed by atoms with Crippen molar-refractivity contribution in [2.75, 3.05) is 75.4 Å². The minimum atomic E-state index is -0.756. The molecule has 1 unspecified atom stereocenters. The summed E-state index contributed by atoms with van der Waals surface area (Å²) < 4.78 is 58.4. The molecule has 1 atom stereocenters. The monoisotopic (exact) mass is 841 g/mol. The number of aryl methyl sites for hydroxylation is 1. The number of nitrogens with one attached hydrogen (secondary N) is 4. The second kappa shape index (κ2) is 20.8. The number of nitrogens with zero attached hydrogens (tertiary/aromatic N) is 5. The minimum Gasteiger partial charge on any atom is -0.488 e. The number of piperidine rings is 1. The molecule has 21 heteroatoms. The Bertz CT molecular complexity index is 2140. The second-order valence-corrected chi connectivity index (χ2v) is 13.6. The molecule has 314 valence electrons. The minimum absolute atomic E-state index is 0.00154. The number of amides is 4. The van der Waals surface area contributed by atoms with E-state index in [1.807, 2.05) is 0 Å². The van der Waals surface area contributed by atoms with Crippen molar-refractivity contribution >= 4 is 58.4 Å². The van der Waals surface area contributed by atoms with Gasteiger partial charge in [-0.15, -0.1) is 0 Å². The van der Waals surface area contributed by atoms with Crippen molar-refractivity contribution in [3.63, 3.8) is 0 Å². The van der Waals surface area contributed by atoms with E-state index in [1.54, 1.807) is 42.3 Å². The zero-order valence-electron chi connectivity index (χ0n) is 31.9. The number of aromatic nitrogens is 4. The van der Waals surface area contributed by atoms with Crippen molar-refractivity contribution < 1.29 is 51.6 Å². The smallest absolute Gasteiger partial charge is 0.255 e. The summed E-state index contributed by atoms with van der Waals surface area (Å²) in [6.07, 6.45) is 5.09. The standard InChI is InChI=1S/C38H42ClF2N9O9/c1-49-20-25(18-44-49)45-38-43-19-28(39)35(48-38)42-17-23-15-24(40)16-31(34(23)41)59-14-13-57-10-9-55-7-8-56-11-12-58-22-33(52)46-29-4-2-3-26-27(29)21-50(37(26)54)30-5-6-32(51)47-36(30)53/h2-4,15-16,18-20,30H,5-14,17,21-22H2,1H3,(H,46,52)(H,47,51,53)(H2,42,43,45,48). The molecule has 2 aromatic carbocycles. The van der Waals surface area contributed by atoms with Gasteiger partial charge in [0.1, 0.15) is 30.1 Å². The Morgan fingerprint density at radius 3 is 2.42 bits per heavy atom. The average Bonchev–Trinajstić information content (AvgIpc) is 3.78. The first-order valence-corrected chi connectivity index (χ1v) is 18.9. The predicted octanol–water partition coefficient (Wildman–Crippen LogP) is 3.34. The van der Waals surface area contributed by atoms with Crippen LogP contribution < -0.4 is 26.0 Å². The Labute approximate surface area is 341 Å². The maximum atomic E-state index is 15.2. The highest BCUT2D eigenvalue weighted by Crippen LogP contribution is 2.32. The van der Waals surface area contributed by atoms with Crippen LogP contribution in [0.15, 0.2) is 48.9 Å². The highest BCUT2D eigenvalue weighted by molar-refractivity contribution is 6.32. The number of imide groups is 1. The van der Waals surface area contributed by atoms with Crippen LogP contribution in [-0.4, -0.2) is 114 Å². The molecule has 2 aliphatic rings. The van der Waals surface area contributed by atoms with Crippen LogP contribution in [0.4, 0.5) is 31.9 Å². The van der Waals surface area contributed by atoms with Gasteiger partial charge in [0.05, 0.1) is 64.3 Å². The summed E-state index contributed by atoms with van der Waals surface area (Å²) >= 11 is 6.22. The quantitative estimate of drug-likeness (QED) is 0.0662. The summed E-state index contributed by atoms with van der Waals surface area (Å²) in [6, 6.07) is 6.19. The van der Waals surface area contributed by atoms with Gasteiger partial charge in [-0.1, -0.05) is 17.7 Å². The lowest BCUT2D eigenvalue weighted by Gasteiger charge is -2.29. The van der Waals surface area contributed by atoms with Gasteiger partial charge < -0.3 is 44.5 Å². The zero-order valence-corrected chi connectivity index (χ0v) is 32.7. The molecule has 1 fully saturated rings. The van der Waals surface area contributed by atoms with E-state index < -0.39 is 29.5 Å². The van der Waals surface area contributed by atoms with E-state index >= 15 is 4.39 Å². The van der Waals surface area contributed by atoms with Gasteiger partial charge in [-0.3, -0.25) is 29.2 Å². The third kappa shape index (κ3) is 11.9. The van der Waals surface area contributed by atoms with Gasteiger partial charge in [-0.2, -0.15) is 10.1 Å². The molecular weight excluding hydrogens is 800 g/mol. The van der Waals surface area contributed by atoms with Gasteiger partial charge in [-0.05, 0) is 24.6 Å². The lowest BCUT2D eigenvalue weighted by molar-refractivity contribution is -0.137. The number of ether oxygens (including phenoxy) is 5. The Kier molecular flexibility index (Phi) is 15.1. The van der Waals surface area contributed by atoms with E-state index in [9.17, 15) is 23.6 Å². The van der Waals surface area contributed by atoms with Crippen LogP contribution in [0.3, 0.4) is 0 Å². The number of carbonyl (C=O) groups is 4. The maximum absolute atomic E-state index is 15.2. The van der Waals surface area contributed by atoms with Crippen LogP contribution in [0, 0.1) is 11.6 Å². The molecule has 4 aromatic rings. The molecule has 4 heterocycles. The largest absolute Gasteiger partial charge is 0.488 e. The molecule has 4 amide bonds. The normalized spacial score (nSPS) is 14.9. The summed E-state index contributed by atoms with van der Waals surface area (Å²) in [7, 11) is 1.76. The van der Waals surface area contributed by atoms with Crippen molar-refractivity contribution in [2.24, 2.45) is 7.05 Å². The molecule has 6 rings (SSSR count). The second-order valence-electron chi connectivity index (χ2n) is 13.2. The number of benzene rings is 2. The molecule has 2 aliphatic heterocycles. The van der Waals surface area contributed by atoms with Gasteiger partial charge in [-0.25, -0.2) is 13.8 Å². The van der Waals surface area contributed by atoms with Crippen LogP contribution in [0.25, 0.3) is 0 Å². The van der Waals surface area contributed by atoms with Crippen molar-refractivity contribution in [1.29, 1.82) is 0 Å². The van der Waals surface area contributed by atoms with Gasteiger partial charge >= 0.3 is 0 Å². The van der Waals surface area contributed by atoms with Crippen LogP contribution in [0.1, 0.15) is 34.3 Å². The van der Waals surface area contributed by atoms with Crippen molar-refractivity contribution in [1.82, 2.24) is 30.0 Å². The maximum Gasteiger partial charge on any atom is 0.255 e.